The molecule has 0 aliphatic carbocycles. The fourth-order valence-electron chi connectivity index (χ4n) is 4.00. The molecule has 33 heavy (non-hydrogen) atoms. The van der Waals surface area contributed by atoms with E-state index in [9.17, 15) is 14.4 Å². The van der Waals surface area contributed by atoms with Gasteiger partial charge in [0.05, 0.1) is 16.7 Å². The zero-order valence-corrected chi connectivity index (χ0v) is 19.9. The molecule has 0 unspecified atom stereocenters. The van der Waals surface area contributed by atoms with Crippen LogP contribution in [0.2, 0.25) is 0 Å². The summed E-state index contributed by atoms with van der Waals surface area (Å²) in [5.74, 6) is 1.09. The molecule has 0 saturated heterocycles. The first kappa shape index (κ1) is 23.0. The van der Waals surface area contributed by atoms with Crippen molar-refractivity contribution >= 4 is 33.8 Å². The zero-order chi connectivity index (χ0) is 23.5. The second-order valence-electron chi connectivity index (χ2n) is 7.87. The number of nitrogens with zero attached hydrogens (tertiary/aromatic N) is 5. The minimum Gasteiger partial charge on any atom is -0.322 e. The van der Waals surface area contributed by atoms with Crippen LogP contribution in [0.15, 0.2) is 43.8 Å². The Kier molecular flexibility index (Phi) is 6.83. The third-order valence-electron chi connectivity index (χ3n) is 5.62. The molecule has 1 aromatic carbocycles. The van der Waals surface area contributed by atoms with Crippen LogP contribution in [0.25, 0.3) is 22.1 Å². The van der Waals surface area contributed by atoms with Crippen LogP contribution in [-0.2, 0) is 25.4 Å². The third-order valence-corrected chi connectivity index (χ3v) is 6.59. The highest BCUT2D eigenvalue weighted by molar-refractivity contribution is 7.98. The van der Waals surface area contributed by atoms with E-state index < -0.39 is 11.2 Å². The molecule has 0 bridgehead atoms. The number of unbranched alkanes of at least 4 members (excludes halogenated alkanes) is 1. The maximum atomic E-state index is 13.0. The second-order valence-corrected chi connectivity index (χ2v) is 8.81. The molecule has 0 atom stereocenters. The molecule has 9 nitrogen and oxygen atoms in total. The van der Waals surface area contributed by atoms with Gasteiger partial charge in [-0.2, -0.15) is 0 Å². The third kappa shape index (κ3) is 4.27. The number of H-pyrrole nitrogens is 1. The number of aromatic nitrogens is 6. The molecule has 10 heteroatoms. The normalized spacial score (nSPS) is 11.6. The lowest BCUT2D eigenvalue weighted by molar-refractivity contribution is 0.584. The Morgan fingerprint density at radius 1 is 0.939 bits per heavy atom. The van der Waals surface area contributed by atoms with Gasteiger partial charge in [-0.25, -0.2) is 14.8 Å². The fourth-order valence-corrected chi connectivity index (χ4v) is 4.97. The van der Waals surface area contributed by atoms with Crippen LogP contribution in [0, 0.1) is 0 Å². The fraction of sp³-hybridized carbons (Fsp3) is 0.435. The number of nitrogens with one attached hydrogen (secondary N) is 1. The number of para-hydroxylation sites is 1. The van der Waals surface area contributed by atoms with E-state index in [2.05, 4.69) is 4.98 Å². The van der Waals surface area contributed by atoms with Crippen molar-refractivity contribution in [3.05, 3.63) is 61.3 Å². The first-order chi connectivity index (χ1) is 16.0. The lowest BCUT2D eigenvalue weighted by Gasteiger charge is -2.12. The number of hydrogen-bond donors (Lipinski definition) is 1. The van der Waals surface area contributed by atoms with E-state index in [1.807, 2.05) is 43.5 Å². The summed E-state index contributed by atoms with van der Waals surface area (Å²) in [6.45, 7) is 7.62. The topological polar surface area (TPSA) is 108 Å². The number of benzene rings is 1. The first-order valence-electron chi connectivity index (χ1n) is 11.3. The molecule has 174 valence electrons. The van der Waals surface area contributed by atoms with E-state index in [4.69, 9.17) is 9.97 Å². The van der Waals surface area contributed by atoms with Crippen LogP contribution in [0.5, 0.6) is 0 Å². The van der Waals surface area contributed by atoms with Crippen molar-refractivity contribution in [1.29, 1.82) is 0 Å². The Bertz CT molecular complexity index is 1480. The highest BCUT2D eigenvalue weighted by Crippen LogP contribution is 2.24. The number of aromatic amines is 1. The zero-order valence-electron chi connectivity index (χ0n) is 19.1. The molecular formula is C23H28N6O3S. The molecule has 4 rings (SSSR count). The van der Waals surface area contributed by atoms with Gasteiger partial charge in [0.1, 0.15) is 5.82 Å². The quantitative estimate of drug-likeness (QED) is 0.299. The van der Waals surface area contributed by atoms with Crippen LogP contribution >= 0.6 is 11.8 Å². The van der Waals surface area contributed by atoms with E-state index in [0.717, 1.165) is 19.3 Å². The number of hydrogen-bond acceptors (Lipinski definition) is 6. The maximum absolute atomic E-state index is 13.0. The van der Waals surface area contributed by atoms with E-state index in [0.29, 0.717) is 58.4 Å². The monoisotopic (exact) mass is 468 g/mol. The average Bonchev–Trinajstić information content (AvgIpc) is 3.18. The summed E-state index contributed by atoms with van der Waals surface area (Å²) in [6, 6.07) is 7.34. The van der Waals surface area contributed by atoms with E-state index in [-0.39, 0.29) is 5.56 Å². The van der Waals surface area contributed by atoms with Gasteiger partial charge in [0.15, 0.2) is 16.3 Å². The van der Waals surface area contributed by atoms with Crippen molar-refractivity contribution in [2.45, 2.75) is 70.6 Å². The second kappa shape index (κ2) is 9.78. The van der Waals surface area contributed by atoms with Crippen molar-refractivity contribution in [2.24, 2.45) is 0 Å². The summed E-state index contributed by atoms with van der Waals surface area (Å²) in [7, 11) is 0. The summed E-state index contributed by atoms with van der Waals surface area (Å²) in [5.41, 5.74) is 0.548. The number of aryl methyl sites for hydroxylation is 2. The number of rotatable bonds is 9. The average molecular weight is 469 g/mol. The Hall–Kier alpha value is -3.14. The summed E-state index contributed by atoms with van der Waals surface area (Å²) in [5, 5.41) is 1.22. The highest BCUT2D eigenvalue weighted by atomic mass is 32.2. The minimum absolute atomic E-state index is 0.0567. The van der Waals surface area contributed by atoms with Gasteiger partial charge in [0, 0.05) is 19.6 Å². The smallest absolute Gasteiger partial charge is 0.322 e. The van der Waals surface area contributed by atoms with Crippen LogP contribution in [0.3, 0.4) is 0 Å². The first-order valence-corrected chi connectivity index (χ1v) is 12.3. The summed E-state index contributed by atoms with van der Waals surface area (Å²) >= 11 is 1.42. The molecule has 4 aromatic rings. The van der Waals surface area contributed by atoms with Crippen LogP contribution in [-0.4, -0.2) is 28.7 Å². The van der Waals surface area contributed by atoms with Crippen molar-refractivity contribution in [3.63, 3.8) is 0 Å². The molecule has 3 aromatic heterocycles. The van der Waals surface area contributed by atoms with Gasteiger partial charge in [-0.15, -0.1) is 0 Å². The van der Waals surface area contributed by atoms with Crippen molar-refractivity contribution in [2.75, 3.05) is 0 Å². The minimum atomic E-state index is -0.436. The Morgan fingerprint density at radius 2 is 1.73 bits per heavy atom. The molecule has 0 aliphatic rings. The number of imidazole rings is 1. The summed E-state index contributed by atoms with van der Waals surface area (Å²) in [6.07, 6.45) is 2.54. The summed E-state index contributed by atoms with van der Waals surface area (Å²) < 4.78 is 5.09. The predicted molar refractivity (Wildman–Crippen MR) is 131 cm³/mol. The molecule has 1 N–H and O–H groups in total. The largest absolute Gasteiger partial charge is 0.330 e. The van der Waals surface area contributed by atoms with Crippen LogP contribution in [0.1, 0.15) is 45.9 Å². The Balaban J connectivity index is 1.79. The molecular weight excluding hydrogens is 440 g/mol. The van der Waals surface area contributed by atoms with Crippen LogP contribution in [0.4, 0.5) is 0 Å². The maximum Gasteiger partial charge on any atom is 0.330 e. The highest BCUT2D eigenvalue weighted by Gasteiger charge is 2.19. The molecule has 3 heterocycles. The Labute approximate surface area is 194 Å². The standard InChI is InChI=1S/C23H28N6O3S/c1-4-7-13-28-19-18(20(30)26-22(28)32)27(6-3)17(25-19)14-33-23-24-16-11-9-8-10-15(16)21(31)29(23)12-5-2/h8-11H,4-7,12-14H2,1-3H3,(H,26,30,32). The molecule has 0 saturated carbocycles. The number of thioether (sulfide) groups is 1. The predicted octanol–water partition coefficient (Wildman–Crippen LogP) is 3.12. The van der Waals surface area contributed by atoms with Crippen molar-refractivity contribution < 1.29 is 0 Å². The molecule has 0 fully saturated rings. The van der Waals surface area contributed by atoms with Gasteiger partial charge in [-0.05, 0) is 31.9 Å². The van der Waals surface area contributed by atoms with E-state index in [1.54, 1.807) is 15.2 Å². The number of fused-ring (bicyclic) bond motifs is 2. The lowest BCUT2D eigenvalue weighted by Crippen LogP contribution is -2.31. The SMILES string of the molecule is CCCCn1c(=O)[nH]c(=O)c2c1nc(CSc1nc3ccccc3c(=O)n1CCC)n2CC. The van der Waals surface area contributed by atoms with Crippen LogP contribution < -0.4 is 16.8 Å². The van der Waals surface area contributed by atoms with Crippen molar-refractivity contribution in [3.8, 4) is 0 Å². The van der Waals surface area contributed by atoms with Gasteiger partial charge in [0.25, 0.3) is 11.1 Å². The summed E-state index contributed by atoms with van der Waals surface area (Å²) in [4.78, 5) is 50.0. The molecule has 0 spiro atoms. The molecule has 0 aliphatic heterocycles. The molecule has 0 amide bonds. The molecule has 0 radical (unpaired) electrons. The van der Waals surface area contributed by atoms with Gasteiger partial charge < -0.3 is 4.57 Å². The van der Waals surface area contributed by atoms with Crippen molar-refractivity contribution in [1.82, 2.24) is 28.7 Å². The van der Waals surface area contributed by atoms with Gasteiger partial charge in [0.2, 0.25) is 0 Å². The van der Waals surface area contributed by atoms with E-state index >= 15 is 0 Å². The van der Waals surface area contributed by atoms with Gasteiger partial charge >= 0.3 is 5.69 Å². The lowest BCUT2D eigenvalue weighted by atomic mass is 10.2. The van der Waals surface area contributed by atoms with Gasteiger partial charge in [-0.3, -0.25) is 23.7 Å². The Morgan fingerprint density at radius 3 is 2.45 bits per heavy atom. The van der Waals surface area contributed by atoms with Gasteiger partial charge in [-0.1, -0.05) is 44.2 Å². The van der Waals surface area contributed by atoms with E-state index in [1.165, 1.54) is 11.8 Å².